The average Bonchev–Trinajstić information content (AvgIpc) is 1.82. The molecule has 0 aromatic carbocycles. The molecule has 0 radical (unpaired) electrons. The predicted molar refractivity (Wildman–Crippen MR) is 55.3 cm³/mol. The number of nitrogens with one attached hydrogen (secondary N) is 1. The van der Waals surface area contributed by atoms with Gasteiger partial charge in [-0.15, -0.1) is 0 Å². The first kappa shape index (κ1) is 10.1. The molecule has 3 N–H and O–H groups in total. The molecule has 0 amide bonds. The lowest BCUT2D eigenvalue weighted by atomic mass is 10.6. The lowest BCUT2D eigenvalue weighted by Gasteiger charge is -2.02. The lowest BCUT2D eigenvalue weighted by Crippen LogP contribution is -2.31. The van der Waals surface area contributed by atoms with Gasteiger partial charge in [0.15, 0.2) is 5.11 Å². The van der Waals surface area contributed by atoms with Crippen molar-refractivity contribution in [1.82, 2.24) is 5.32 Å². The molecule has 0 bridgehead atoms. The van der Waals surface area contributed by atoms with E-state index in [2.05, 4.69) is 24.5 Å². The first-order valence-electron chi connectivity index (χ1n) is 2.90. The van der Waals surface area contributed by atoms with Crippen LogP contribution in [0.1, 0.15) is 13.3 Å². The maximum absolute atomic E-state index is 5.18. The summed E-state index contributed by atoms with van der Waals surface area (Å²) in [4.78, 5) is 0. The molecule has 0 fully saturated rings. The quantitative estimate of drug-likeness (QED) is 0.647. The zero-order chi connectivity index (χ0) is 7.98. The largest absolute Gasteiger partial charge is 0.376 e. The van der Waals surface area contributed by atoms with Gasteiger partial charge in [-0.05, 0) is 24.4 Å². The molecule has 0 rings (SSSR count). The van der Waals surface area contributed by atoms with Crippen LogP contribution >= 0.6 is 36.2 Å². The molecule has 5 heteroatoms. The van der Waals surface area contributed by atoms with Crippen LogP contribution in [-0.4, -0.2) is 15.2 Å². The van der Waals surface area contributed by atoms with E-state index in [-0.39, 0.29) is 5.11 Å². The van der Waals surface area contributed by atoms with Gasteiger partial charge in [0, 0.05) is 0 Å². The Labute approximate surface area is 75.9 Å². The van der Waals surface area contributed by atoms with Crippen molar-refractivity contribution in [2.75, 3.05) is 5.75 Å². The second kappa shape index (κ2) is 5.88. The topological polar surface area (TPSA) is 38.0 Å². The van der Waals surface area contributed by atoms with Gasteiger partial charge in [0.1, 0.15) is 4.32 Å². The van der Waals surface area contributed by atoms with E-state index in [1.807, 2.05) is 0 Å². The van der Waals surface area contributed by atoms with E-state index in [4.69, 9.17) is 18.0 Å². The zero-order valence-electron chi connectivity index (χ0n) is 5.72. The van der Waals surface area contributed by atoms with E-state index >= 15 is 0 Å². The van der Waals surface area contributed by atoms with Crippen molar-refractivity contribution in [3.8, 4) is 0 Å². The maximum atomic E-state index is 5.18. The predicted octanol–water partition coefficient (Wildman–Crippen LogP) is 1.25. The number of rotatable bonds is 2. The van der Waals surface area contributed by atoms with Crippen LogP contribution in [-0.2, 0) is 0 Å². The Bertz CT molecular complexity index is 135. The Kier molecular flexibility index (Phi) is 5.96. The standard InChI is InChI=1S/C5H10N2S3/c1-2-3-10-5(9)7-4(6)8/h2-3H2,1H3,(H3,6,7,8,9). The number of hydrogen-bond donors (Lipinski definition) is 2. The first-order valence-corrected chi connectivity index (χ1v) is 4.70. The summed E-state index contributed by atoms with van der Waals surface area (Å²) in [6.45, 7) is 2.09. The Balaban J connectivity index is 3.35. The molecule has 0 aliphatic heterocycles. The van der Waals surface area contributed by atoms with Gasteiger partial charge in [-0.25, -0.2) is 0 Å². The Morgan fingerprint density at radius 2 is 2.20 bits per heavy atom. The van der Waals surface area contributed by atoms with Gasteiger partial charge in [-0.3, -0.25) is 0 Å². The highest BCUT2D eigenvalue weighted by atomic mass is 32.2. The number of nitrogens with two attached hydrogens (primary N) is 1. The molecule has 10 heavy (non-hydrogen) atoms. The van der Waals surface area contributed by atoms with E-state index < -0.39 is 0 Å². The third-order valence-corrected chi connectivity index (χ3v) is 2.20. The molecule has 58 valence electrons. The molecular weight excluding hydrogens is 184 g/mol. The Morgan fingerprint density at radius 3 is 2.60 bits per heavy atom. The van der Waals surface area contributed by atoms with Gasteiger partial charge in [-0.1, -0.05) is 30.9 Å². The van der Waals surface area contributed by atoms with Gasteiger partial charge in [0.05, 0.1) is 0 Å². The molecule has 2 nitrogen and oxygen atoms in total. The lowest BCUT2D eigenvalue weighted by molar-refractivity contribution is 1.11. The Morgan fingerprint density at radius 1 is 1.60 bits per heavy atom. The van der Waals surface area contributed by atoms with Gasteiger partial charge < -0.3 is 11.1 Å². The van der Waals surface area contributed by atoms with Gasteiger partial charge in [-0.2, -0.15) is 0 Å². The molecule has 0 heterocycles. The summed E-state index contributed by atoms with van der Waals surface area (Å²) in [6.07, 6.45) is 1.10. The van der Waals surface area contributed by atoms with Crippen molar-refractivity contribution in [3.63, 3.8) is 0 Å². The highest BCUT2D eigenvalue weighted by Gasteiger charge is 1.94. The molecule has 0 aromatic heterocycles. The van der Waals surface area contributed by atoms with E-state index in [0.717, 1.165) is 12.2 Å². The van der Waals surface area contributed by atoms with Gasteiger partial charge in [0.25, 0.3) is 0 Å². The van der Waals surface area contributed by atoms with Crippen molar-refractivity contribution in [2.45, 2.75) is 13.3 Å². The van der Waals surface area contributed by atoms with Crippen LogP contribution in [0.25, 0.3) is 0 Å². The highest BCUT2D eigenvalue weighted by Crippen LogP contribution is 2.02. The monoisotopic (exact) mass is 194 g/mol. The fourth-order valence-corrected chi connectivity index (χ4v) is 1.49. The molecule has 0 aliphatic carbocycles. The van der Waals surface area contributed by atoms with Crippen LogP contribution in [0.4, 0.5) is 0 Å². The number of thiocarbonyl (C=S) groups is 2. The van der Waals surface area contributed by atoms with E-state index in [0.29, 0.717) is 4.32 Å². The van der Waals surface area contributed by atoms with Crippen LogP contribution in [0, 0.1) is 0 Å². The van der Waals surface area contributed by atoms with E-state index in [9.17, 15) is 0 Å². The third kappa shape index (κ3) is 6.25. The zero-order valence-corrected chi connectivity index (χ0v) is 8.17. The van der Waals surface area contributed by atoms with E-state index in [1.54, 1.807) is 11.8 Å². The molecule has 0 spiro atoms. The molecule has 0 saturated carbocycles. The second-order valence-corrected chi connectivity index (χ2v) is 3.84. The minimum atomic E-state index is 0.244. The van der Waals surface area contributed by atoms with Crippen LogP contribution in [0.5, 0.6) is 0 Å². The molecule has 0 aliphatic rings. The van der Waals surface area contributed by atoms with E-state index in [1.165, 1.54) is 0 Å². The minimum absolute atomic E-state index is 0.244. The average molecular weight is 194 g/mol. The Hall–Kier alpha value is 0.130. The van der Waals surface area contributed by atoms with Crippen molar-refractivity contribution >= 4 is 45.6 Å². The molecule has 0 unspecified atom stereocenters. The van der Waals surface area contributed by atoms with Crippen molar-refractivity contribution in [2.24, 2.45) is 5.73 Å². The minimum Gasteiger partial charge on any atom is -0.376 e. The van der Waals surface area contributed by atoms with Crippen LogP contribution in [0.2, 0.25) is 0 Å². The maximum Gasteiger partial charge on any atom is 0.169 e. The summed E-state index contributed by atoms with van der Waals surface area (Å²) >= 11 is 11.0. The summed E-state index contributed by atoms with van der Waals surface area (Å²) in [5.74, 6) is 1.01. The molecule has 0 aromatic rings. The summed E-state index contributed by atoms with van der Waals surface area (Å²) < 4.78 is 0.661. The van der Waals surface area contributed by atoms with Crippen LogP contribution in [0.15, 0.2) is 0 Å². The number of hydrogen-bond acceptors (Lipinski definition) is 3. The normalized spacial score (nSPS) is 8.90. The molecule has 0 saturated heterocycles. The van der Waals surface area contributed by atoms with Gasteiger partial charge >= 0.3 is 0 Å². The first-order chi connectivity index (χ1) is 4.66. The molecular formula is C5H10N2S3. The summed E-state index contributed by atoms with van der Waals surface area (Å²) in [6, 6.07) is 0. The smallest absolute Gasteiger partial charge is 0.169 e. The highest BCUT2D eigenvalue weighted by molar-refractivity contribution is 8.23. The molecule has 0 atom stereocenters. The van der Waals surface area contributed by atoms with Crippen molar-refractivity contribution in [3.05, 3.63) is 0 Å². The summed E-state index contributed by atoms with van der Waals surface area (Å²) in [7, 11) is 0. The van der Waals surface area contributed by atoms with Crippen molar-refractivity contribution in [1.29, 1.82) is 0 Å². The third-order valence-electron chi connectivity index (χ3n) is 0.663. The van der Waals surface area contributed by atoms with Crippen molar-refractivity contribution < 1.29 is 0 Å². The fourth-order valence-electron chi connectivity index (χ4n) is 0.331. The van der Waals surface area contributed by atoms with Crippen LogP contribution in [0.3, 0.4) is 0 Å². The summed E-state index contributed by atoms with van der Waals surface area (Å²) in [5, 5.41) is 2.93. The summed E-state index contributed by atoms with van der Waals surface area (Å²) in [5.41, 5.74) is 5.18. The SMILES string of the molecule is CCCSC(=S)NC(N)=S. The number of thioether (sulfide) groups is 1. The van der Waals surface area contributed by atoms with Crippen LogP contribution < -0.4 is 11.1 Å². The van der Waals surface area contributed by atoms with Gasteiger partial charge in [0.2, 0.25) is 0 Å². The fraction of sp³-hybridized carbons (Fsp3) is 0.600. The second-order valence-electron chi connectivity index (χ2n) is 1.63.